The molecule has 32 heavy (non-hydrogen) atoms. The first-order chi connectivity index (χ1) is 15.6. The molecule has 170 valence electrons. The SMILES string of the molecule is CCc1ccc(C2NNCC2C(=O)N2CCC(NC(=O)c3ccc(OC)cc3)CC2)cc1. The number of carbonyl (C=O) groups excluding carboxylic acids is 2. The first-order valence-corrected chi connectivity index (χ1v) is 11.4. The van der Waals surface area contributed by atoms with Crippen molar-refractivity contribution < 1.29 is 14.3 Å². The maximum Gasteiger partial charge on any atom is 0.251 e. The molecule has 0 radical (unpaired) electrons. The monoisotopic (exact) mass is 436 g/mol. The van der Waals surface area contributed by atoms with Crippen molar-refractivity contribution in [3.05, 3.63) is 65.2 Å². The lowest BCUT2D eigenvalue weighted by Crippen LogP contribution is -2.49. The summed E-state index contributed by atoms with van der Waals surface area (Å²) in [5, 5.41) is 3.10. The minimum absolute atomic E-state index is 0.0269. The third-order valence-corrected chi connectivity index (χ3v) is 6.54. The van der Waals surface area contributed by atoms with Crippen molar-refractivity contribution in [1.29, 1.82) is 0 Å². The van der Waals surface area contributed by atoms with Gasteiger partial charge in [0.1, 0.15) is 5.75 Å². The number of nitrogens with one attached hydrogen (secondary N) is 3. The molecule has 7 heteroatoms. The van der Waals surface area contributed by atoms with Gasteiger partial charge in [0.25, 0.3) is 5.91 Å². The van der Waals surface area contributed by atoms with Crippen molar-refractivity contribution in [2.75, 3.05) is 26.7 Å². The maximum atomic E-state index is 13.3. The molecule has 0 aromatic heterocycles. The van der Waals surface area contributed by atoms with Crippen LogP contribution in [0.25, 0.3) is 0 Å². The predicted octanol–water partition coefficient (Wildman–Crippen LogP) is 2.44. The lowest BCUT2D eigenvalue weighted by Gasteiger charge is -2.34. The van der Waals surface area contributed by atoms with Crippen LogP contribution in [0.15, 0.2) is 48.5 Å². The molecule has 2 aromatic rings. The minimum Gasteiger partial charge on any atom is -0.497 e. The average molecular weight is 437 g/mol. The zero-order valence-electron chi connectivity index (χ0n) is 18.8. The summed E-state index contributed by atoms with van der Waals surface area (Å²) < 4.78 is 5.14. The van der Waals surface area contributed by atoms with E-state index < -0.39 is 0 Å². The summed E-state index contributed by atoms with van der Waals surface area (Å²) in [6.45, 7) is 4.07. The largest absolute Gasteiger partial charge is 0.497 e. The molecule has 0 spiro atoms. The molecule has 0 bridgehead atoms. The van der Waals surface area contributed by atoms with Crippen LogP contribution < -0.4 is 20.9 Å². The first-order valence-electron chi connectivity index (χ1n) is 11.4. The molecule has 2 saturated heterocycles. The van der Waals surface area contributed by atoms with Crippen LogP contribution >= 0.6 is 0 Å². The van der Waals surface area contributed by atoms with E-state index in [0.717, 1.165) is 30.6 Å². The molecular weight excluding hydrogens is 404 g/mol. The molecule has 2 atom stereocenters. The van der Waals surface area contributed by atoms with Crippen molar-refractivity contribution in [2.45, 2.75) is 38.3 Å². The zero-order chi connectivity index (χ0) is 22.5. The number of nitrogens with zero attached hydrogens (tertiary/aromatic N) is 1. The van der Waals surface area contributed by atoms with Gasteiger partial charge in [0, 0.05) is 31.2 Å². The Kier molecular flexibility index (Phi) is 7.07. The molecule has 2 amide bonds. The number of amides is 2. The van der Waals surface area contributed by atoms with Gasteiger partial charge in [0.05, 0.1) is 19.1 Å². The van der Waals surface area contributed by atoms with Crippen molar-refractivity contribution in [2.24, 2.45) is 5.92 Å². The number of hydrazine groups is 1. The Bertz CT molecular complexity index is 921. The molecule has 0 saturated carbocycles. The van der Waals surface area contributed by atoms with Crippen LogP contribution in [-0.4, -0.2) is 49.5 Å². The smallest absolute Gasteiger partial charge is 0.251 e. The Morgan fingerprint density at radius 2 is 1.75 bits per heavy atom. The van der Waals surface area contributed by atoms with Crippen LogP contribution in [0.1, 0.15) is 47.3 Å². The summed E-state index contributed by atoms with van der Waals surface area (Å²) >= 11 is 0. The molecule has 2 heterocycles. The van der Waals surface area contributed by atoms with E-state index in [2.05, 4.69) is 47.4 Å². The molecule has 2 unspecified atom stereocenters. The molecule has 2 fully saturated rings. The number of likely N-dealkylation sites (tertiary alicyclic amines) is 1. The Morgan fingerprint density at radius 3 is 2.38 bits per heavy atom. The second kappa shape index (κ2) is 10.1. The highest BCUT2D eigenvalue weighted by atomic mass is 16.5. The van der Waals surface area contributed by atoms with Gasteiger partial charge >= 0.3 is 0 Å². The van der Waals surface area contributed by atoms with E-state index in [-0.39, 0.29) is 29.8 Å². The van der Waals surface area contributed by atoms with Crippen LogP contribution in [-0.2, 0) is 11.2 Å². The highest BCUT2D eigenvalue weighted by molar-refractivity contribution is 5.94. The van der Waals surface area contributed by atoms with E-state index in [9.17, 15) is 9.59 Å². The van der Waals surface area contributed by atoms with Gasteiger partial charge in [0.2, 0.25) is 5.91 Å². The normalized spacial score (nSPS) is 21.4. The van der Waals surface area contributed by atoms with E-state index in [4.69, 9.17) is 4.74 Å². The fraction of sp³-hybridized carbons (Fsp3) is 0.440. The number of benzene rings is 2. The number of aryl methyl sites for hydroxylation is 1. The van der Waals surface area contributed by atoms with Crippen LogP contribution in [0.3, 0.4) is 0 Å². The van der Waals surface area contributed by atoms with E-state index in [0.29, 0.717) is 25.2 Å². The van der Waals surface area contributed by atoms with Crippen molar-refractivity contribution >= 4 is 11.8 Å². The minimum atomic E-state index is -0.132. The van der Waals surface area contributed by atoms with Crippen LogP contribution in [0, 0.1) is 5.92 Å². The molecule has 2 aliphatic heterocycles. The van der Waals surface area contributed by atoms with Gasteiger partial charge in [-0.3, -0.25) is 15.0 Å². The second-order valence-corrected chi connectivity index (χ2v) is 8.51. The van der Waals surface area contributed by atoms with Crippen molar-refractivity contribution in [1.82, 2.24) is 21.1 Å². The van der Waals surface area contributed by atoms with Crippen LogP contribution in [0.4, 0.5) is 0 Å². The van der Waals surface area contributed by atoms with E-state index >= 15 is 0 Å². The molecule has 3 N–H and O–H groups in total. The lowest BCUT2D eigenvalue weighted by molar-refractivity contribution is -0.136. The molecule has 7 nitrogen and oxygen atoms in total. The van der Waals surface area contributed by atoms with E-state index in [1.807, 2.05) is 4.90 Å². The summed E-state index contributed by atoms with van der Waals surface area (Å²) in [5.74, 6) is 0.681. The highest BCUT2D eigenvalue weighted by Crippen LogP contribution is 2.28. The maximum absolute atomic E-state index is 13.3. The average Bonchev–Trinajstić information content (AvgIpc) is 3.34. The van der Waals surface area contributed by atoms with Crippen LogP contribution in [0.5, 0.6) is 5.75 Å². The Balaban J connectivity index is 1.31. The third-order valence-electron chi connectivity index (χ3n) is 6.54. The van der Waals surface area contributed by atoms with Gasteiger partial charge in [-0.15, -0.1) is 0 Å². The predicted molar refractivity (Wildman–Crippen MR) is 123 cm³/mol. The third kappa shape index (κ3) is 4.95. The van der Waals surface area contributed by atoms with Gasteiger partial charge in [0.15, 0.2) is 0 Å². The first kappa shape index (κ1) is 22.3. The fourth-order valence-electron chi connectivity index (χ4n) is 4.49. The van der Waals surface area contributed by atoms with Crippen LogP contribution in [0.2, 0.25) is 0 Å². The summed E-state index contributed by atoms with van der Waals surface area (Å²) in [7, 11) is 1.60. The van der Waals surface area contributed by atoms with Gasteiger partial charge in [-0.2, -0.15) is 0 Å². The molecule has 2 aromatic carbocycles. The second-order valence-electron chi connectivity index (χ2n) is 8.51. The summed E-state index contributed by atoms with van der Waals surface area (Å²) in [6, 6.07) is 15.6. The summed E-state index contributed by atoms with van der Waals surface area (Å²) in [6.07, 6.45) is 2.52. The standard InChI is InChI=1S/C25H32N4O3/c1-3-17-4-6-18(7-5-17)23-22(16-26-28-23)25(31)29-14-12-20(13-15-29)27-24(30)19-8-10-21(32-2)11-9-19/h4-11,20,22-23,26,28H,3,12-16H2,1-2H3,(H,27,30). The Morgan fingerprint density at radius 1 is 1.06 bits per heavy atom. The fourth-order valence-corrected chi connectivity index (χ4v) is 4.49. The van der Waals surface area contributed by atoms with Crippen molar-refractivity contribution in [3.8, 4) is 5.75 Å². The number of carbonyl (C=O) groups is 2. The number of hydrogen-bond donors (Lipinski definition) is 3. The van der Waals surface area contributed by atoms with Gasteiger partial charge < -0.3 is 15.0 Å². The summed E-state index contributed by atoms with van der Waals surface area (Å²) in [5.41, 5.74) is 9.49. The van der Waals surface area contributed by atoms with E-state index in [1.54, 1.807) is 31.4 Å². The molecular formula is C25H32N4O3. The lowest BCUT2D eigenvalue weighted by atomic mass is 9.92. The molecule has 2 aliphatic rings. The number of hydrogen-bond acceptors (Lipinski definition) is 5. The van der Waals surface area contributed by atoms with E-state index in [1.165, 1.54) is 5.56 Å². The quantitative estimate of drug-likeness (QED) is 0.648. The van der Waals surface area contributed by atoms with Gasteiger partial charge in [-0.05, 0) is 54.7 Å². The Labute approximate surface area is 189 Å². The topological polar surface area (TPSA) is 82.7 Å². The molecule has 0 aliphatic carbocycles. The molecule has 4 rings (SSSR count). The number of ether oxygens (including phenoxy) is 1. The van der Waals surface area contributed by atoms with Gasteiger partial charge in [-0.25, -0.2) is 5.43 Å². The summed E-state index contributed by atoms with van der Waals surface area (Å²) in [4.78, 5) is 27.7. The number of rotatable bonds is 6. The van der Waals surface area contributed by atoms with Gasteiger partial charge in [-0.1, -0.05) is 31.2 Å². The van der Waals surface area contributed by atoms with Crippen molar-refractivity contribution in [3.63, 3.8) is 0 Å². The Hall–Kier alpha value is -2.90. The zero-order valence-corrected chi connectivity index (χ0v) is 18.8. The highest BCUT2D eigenvalue weighted by Gasteiger charge is 2.37. The number of methoxy groups -OCH3 is 1. The number of piperidine rings is 1.